The summed E-state index contributed by atoms with van der Waals surface area (Å²) in [5, 5.41) is 13.2. The van der Waals surface area contributed by atoms with Gasteiger partial charge in [0.1, 0.15) is 5.82 Å². The van der Waals surface area contributed by atoms with Gasteiger partial charge in [0.15, 0.2) is 0 Å². The lowest BCUT2D eigenvalue weighted by Crippen LogP contribution is -2.34. The molecular weight excluding hydrogens is 226 g/mol. The zero-order valence-electron chi connectivity index (χ0n) is 10.6. The van der Waals surface area contributed by atoms with E-state index in [1.165, 1.54) is 5.56 Å². The summed E-state index contributed by atoms with van der Waals surface area (Å²) in [7, 11) is 0. The number of aromatic amines is 1. The normalized spacial score (nSPS) is 23.9. The van der Waals surface area contributed by atoms with Crippen molar-refractivity contribution in [3.8, 4) is 0 Å². The van der Waals surface area contributed by atoms with E-state index in [1.54, 1.807) is 0 Å². The summed E-state index contributed by atoms with van der Waals surface area (Å²) in [4.78, 5) is 7.64. The van der Waals surface area contributed by atoms with E-state index in [0.29, 0.717) is 0 Å². The van der Waals surface area contributed by atoms with Gasteiger partial charge in [-0.15, -0.1) is 0 Å². The zero-order chi connectivity index (χ0) is 12.5. The molecule has 1 aromatic carbocycles. The molecule has 2 aromatic rings. The predicted molar refractivity (Wildman–Crippen MR) is 71.3 cm³/mol. The van der Waals surface area contributed by atoms with Crippen LogP contribution in [0.5, 0.6) is 0 Å². The molecule has 2 atom stereocenters. The Balaban J connectivity index is 1.70. The van der Waals surface area contributed by atoms with Crippen molar-refractivity contribution in [1.29, 1.82) is 0 Å². The fraction of sp³-hybridized carbons (Fsp3) is 0.500. The minimum Gasteiger partial charge on any atom is -0.392 e. The number of nitrogens with one attached hydrogen (secondary N) is 2. The third-order valence-corrected chi connectivity index (χ3v) is 3.71. The number of aliphatic hydroxyl groups is 1. The molecule has 0 saturated heterocycles. The summed E-state index contributed by atoms with van der Waals surface area (Å²) in [5.74, 6) is 0.946. The van der Waals surface area contributed by atoms with Crippen molar-refractivity contribution in [3.63, 3.8) is 0 Å². The highest BCUT2D eigenvalue weighted by Crippen LogP contribution is 2.19. The number of aliphatic hydroxyl groups excluding tert-OH is 1. The Morgan fingerprint density at radius 2 is 2.33 bits per heavy atom. The molecule has 0 bridgehead atoms. The van der Waals surface area contributed by atoms with Crippen LogP contribution in [0.1, 0.15) is 30.7 Å². The summed E-state index contributed by atoms with van der Waals surface area (Å²) in [6, 6.07) is 6.52. The molecular formula is C14H19N3O. The maximum absolute atomic E-state index is 9.76. The molecule has 4 heteroatoms. The van der Waals surface area contributed by atoms with Crippen LogP contribution in [0, 0.1) is 6.92 Å². The van der Waals surface area contributed by atoms with E-state index < -0.39 is 0 Å². The molecule has 3 rings (SSSR count). The standard InChI is InChI=1S/C14H19N3O/c1-9-16-11-6-5-10(7-13(11)17-9)8-15-12-3-2-4-14(12)18/h5-7,12,14-15,18H,2-4,8H2,1H3,(H,16,17)/t12-,14-/m0/s1. The highest BCUT2D eigenvalue weighted by Gasteiger charge is 2.24. The third kappa shape index (κ3) is 2.26. The number of H-pyrrole nitrogens is 1. The Morgan fingerprint density at radius 1 is 1.44 bits per heavy atom. The van der Waals surface area contributed by atoms with Crippen LogP contribution in [0.15, 0.2) is 18.2 Å². The topological polar surface area (TPSA) is 60.9 Å². The van der Waals surface area contributed by atoms with Crippen molar-refractivity contribution < 1.29 is 5.11 Å². The number of rotatable bonds is 3. The van der Waals surface area contributed by atoms with E-state index in [2.05, 4.69) is 27.4 Å². The summed E-state index contributed by atoms with van der Waals surface area (Å²) in [6.45, 7) is 2.77. The summed E-state index contributed by atoms with van der Waals surface area (Å²) < 4.78 is 0. The average molecular weight is 245 g/mol. The van der Waals surface area contributed by atoms with Gasteiger partial charge in [-0.2, -0.15) is 0 Å². The van der Waals surface area contributed by atoms with Crippen molar-refractivity contribution in [2.45, 2.75) is 44.9 Å². The number of fused-ring (bicyclic) bond motifs is 1. The van der Waals surface area contributed by atoms with E-state index in [0.717, 1.165) is 42.7 Å². The first-order valence-corrected chi connectivity index (χ1v) is 6.59. The number of aromatic nitrogens is 2. The molecule has 3 N–H and O–H groups in total. The Bertz CT molecular complexity index is 549. The van der Waals surface area contributed by atoms with Crippen LogP contribution in [-0.4, -0.2) is 27.2 Å². The van der Waals surface area contributed by atoms with Gasteiger partial charge >= 0.3 is 0 Å². The highest BCUT2D eigenvalue weighted by atomic mass is 16.3. The van der Waals surface area contributed by atoms with Crippen LogP contribution in [-0.2, 0) is 6.54 Å². The van der Waals surface area contributed by atoms with Crippen LogP contribution in [0.4, 0.5) is 0 Å². The molecule has 1 aliphatic carbocycles. The molecule has 0 amide bonds. The lowest BCUT2D eigenvalue weighted by Gasteiger charge is -2.16. The Labute approximate surface area is 106 Å². The van der Waals surface area contributed by atoms with Crippen LogP contribution in [0.2, 0.25) is 0 Å². The first kappa shape index (κ1) is 11.7. The van der Waals surface area contributed by atoms with Gasteiger partial charge in [0.25, 0.3) is 0 Å². The van der Waals surface area contributed by atoms with Crippen molar-refractivity contribution in [3.05, 3.63) is 29.6 Å². The Hall–Kier alpha value is -1.39. The quantitative estimate of drug-likeness (QED) is 0.773. The van der Waals surface area contributed by atoms with Gasteiger partial charge in [-0.25, -0.2) is 4.98 Å². The fourth-order valence-corrected chi connectivity index (χ4v) is 2.72. The summed E-state index contributed by atoms with van der Waals surface area (Å²) in [5.41, 5.74) is 3.32. The lowest BCUT2D eigenvalue weighted by atomic mass is 10.1. The molecule has 1 saturated carbocycles. The summed E-state index contributed by atoms with van der Waals surface area (Å²) in [6.07, 6.45) is 2.95. The average Bonchev–Trinajstić information content (AvgIpc) is 2.90. The van der Waals surface area contributed by atoms with Crippen LogP contribution < -0.4 is 5.32 Å². The van der Waals surface area contributed by atoms with Crippen molar-refractivity contribution in [1.82, 2.24) is 15.3 Å². The second-order valence-corrected chi connectivity index (χ2v) is 5.16. The lowest BCUT2D eigenvalue weighted by molar-refractivity contribution is 0.148. The van der Waals surface area contributed by atoms with Gasteiger partial charge in [-0.05, 0) is 43.9 Å². The van der Waals surface area contributed by atoms with Gasteiger partial charge in [-0.3, -0.25) is 0 Å². The molecule has 0 spiro atoms. The van der Waals surface area contributed by atoms with Gasteiger partial charge in [0, 0.05) is 12.6 Å². The first-order chi connectivity index (χ1) is 8.72. The van der Waals surface area contributed by atoms with Crippen molar-refractivity contribution in [2.75, 3.05) is 0 Å². The second-order valence-electron chi connectivity index (χ2n) is 5.16. The number of benzene rings is 1. The van der Waals surface area contributed by atoms with E-state index in [4.69, 9.17) is 0 Å². The molecule has 4 nitrogen and oxygen atoms in total. The van der Waals surface area contributed by atoms with E-state index in [-0.39, 0.29) is 12.1 Å². The van der Waals surface area contributed by atoms with Crippen molar-refractivity contribution in [2.24, 2.45) is 0 Å². The number of hydrogen-bond acceptors (Lipinski definition) is 3. The molecule has 18 heavy (non-hydrogen) atoms. The molecule has 0 radical (unpaired) electrons. The highest BCUT2D eigenvalue weighted by molar-refractivity contribution is 5.75. The first-order valence-electron chi connectivity index (χ1n) is 6.59. The Kier molecular flexibility index (Phi) is 3.06. The zero-order valence-corrected chi connectivity index (χ0v) is 10.6. The minimum absolute atomic E-state index is 0.178. The largest absolute Gasteiger partial charge is 0.392 e. The van der Waals surface area contributed by atoms with Gasteiger partial charge in [0.05, 0.1) is 17.1 Å². The predicted octanol–water partition coefficient (Wildman–Crippen LogP) is 1.87. The smallest absolute Gasteiger partial charge is 0.104 e. The van der Waals surface area contributed by atoms with Gasteiger partial charge < -0.3 is 15.4 Å². The fourth-order valence-electron chi connectivity index (χ4n) is 2.72. The molecule has 0 unspecified atom stereocenters. The maximum Gasteiger partial charge on any atom is 0.104 e. The molecule has 0 aliphatic heterocycles. The molecule has 1 heterocycles. The molecule has 1 fully saturated rings. The van der Waals surface area contributed by atoms with Gasteiger partial charge in [0.2, 0.25) is 0 Å². The SMILES string of the molecule is Cc1nc2ccc(CN[C@H]3CCC[C@@H]3O)cc2[nH]1. The molecule has 1 aliphatic rings. The van der Waals surface area contributed by atoms with E-state index >= 15 is 0 Å². The van der Waals surface area contributed by atoms with Crippen LogP contribution in [0.25, 0.3) is 11.0 Å². The third-order valence-electron chi connectivity index (χ3n) is 3.71. The number of hydrogen-bond donors (Lipinski definition) is 3. The van der Waals surface area contributed by atoms with E-state index in [1.807, 2.05) is 13.0 Å². The summed E-state index contributed by atoms with van der Waals surface area (Å²) >= 11 is 0. The van der Waals surface area contributed by atoms with E-state index in [9.17, 15) is 5.11 Å². The number of aryl methyl sites for hydroxylation is 1. The maximum atomic E-state index is 9.76. The second kappa shape index (κ2) is 4.71. The van der Waals surface area contributed by atoms with Gasteiger partial charge in [-0.1, -0.05) is 6.07 Å². The Morgan fingerprint density at radius 3 is 3.11 bits per heavy atom. The number of imidazole rings is 1. The number of nitrogens with zero attached hydrogens (tertiary/aromatic N) is 1. The monoisotopic (exact) mass is 245 g/mol. The van der Waals surface area contributed by atoms with Crippen LogP contribution in [0.3, 0.4) is 0 Å². The molecule has 96 valence electrons. The van der Waals surface area contributed by atoms with Crippen LogP contribution >= 0.6 is 0 Å². The molecule has 1 aromatic heterocycles. The van der Waals surface area contributed by atoms with Crippen molar-refractivity contribution >= 4 is 11.0 Å². The minimum atomic E-state index is -0.178.